The Kier molecular flexibility index (Phi) is 5.97. The molecule has 0 unspecified atom stereocenters. The minimum absolute atomic E-state index is 0.101. The summed E-state index contributed by atoms with van der Waals surface area (Å²) in [4.78, 5) is 12.2. The number of hydrogen-bond acceptors (Lipinski definition) is 9. The van der Waals surface area contributed by atoms with Crippen LogP contribution >= 0.6 is 0 Å². The van der Waals surface area contributed by atoms with Gasteiger partial charge in [0.05, 0.1) is 26.4 Å². The van der Waals surface area contributed by atoms with Gasteiger partial charge in [-0.1, -0.05) is 0 Å². The fourth-order valence-corrected chi connectivity index (χ4v) is 2.30. The van der Waals surface area contributed by atoms with Gasteiger partial charge in [-0.2, -0.15) is 0 Å². The summed E-state index contributed by atoms with van der Waals surface area (Å²) in [5.74, 6) is -0.122. The van der Waals surface area contributed by atoms with E-state index in [-0.39, 0.29) is 5.56 Å². The number of aliphatic hydroxyl groups excluding tert-OH is 4. The smallest absolute Gasteiger partial charge is 0.340 e. The highest BCUT2D eigenvalue weighted by atomic mass is 16.7. The maximum Gasteiger partial charge on any atom is 0.340 e. The van der Waals surface area contributed by atoms with Gasteiger partial charge in [-0.05, 0) is 18.2 Å². The van der Waals surface area contributed by atoms with Crippen LogP contribution in [0.4, 0.5) is 0 Å². The predicted molar refractivity (Wildman–Crippen MR) is 78.7 cm³/mol. The fourth-order valence-electron chi connectivity index (χ4n) is 2.30. The highest BCUT2D eigenvalue weighted by Gasteiger charge is 2.45. The monoisotopic (exact) mass is 344 g/mol. The quantitative estimate of drug-likeness (QED) is 0.479. The molecule has 1 saturated heterocycles. The molecule has 1 aromatic rings. The second-order valence-electron chi connectivity index (χ2n) is 5.17. The molecule has 1 aliphatic heterocycles. The van der Waals surface area contributed by atoms with Gasteiger partial charge in [-0.3, -0.25) is 0 Å². The van der Waals surface area contributed by atoms with E-state index in [2.05, 4.69) is 0 Å². The third-order valence-corrected chi connectivity index (χ3v) is 3.69. The molecule has 5 atom stereocenters. The molecule has 24 heavy (non-hydrogen) atoms. The van der Waals surface area contributed by atoms with Crippen LogP contribution in [0.3, 0.4) is 0 Å². The van der Waals surface area contributed by atoms with Gasteiger partial charge < -0.3 is 39.4 Å². The second kappa shape index (κ2) is 7.77. The lowest BCUT2D eigenvalue weighted by Crippen LogP contribution is -2.59. The number of benzene rings is 1. The number of methoxy groups -OCH3 is 2. The van der Waals surface area contributed by atoms with E-state index in [1.807, 2.05) is 0 Å². The third kappa shape index (κ3) is 3.60. The number of carbonyl (C=O) groups excluding carboxylic acids is 1. The van der Waals surface area contributed by atoms with Crippen molar-refractivity contribution in [3.63, 3.8) is 0 Å². The van der Waals surface area contributed by atoms with Crippen molar-refractivity contribution in [3.05, 3.63) is 23.8 Å². The van der Waals surface area contributed by atoms with Crippen LogP contribution in [0.1, 0.15) is 10.4 Å². The summed E-state index contributed by atoms with van der Waals surface area (Å²) < 4.78 is 20.3. The van der Waals surface area contributed by atoms with Gasteiger partial charge in [0.15, 0.2) is 11.5 Å². The van der Waals surface area contributed by atoms with E-state index in [1.165, 1.54) is 32.4 Å². The molecule has 9 nitrogen and oxygen atoms in total. The molecule has 0 saturated carbocycles. The maximum atomic E-state index is 12.2. The first-order valence-corrected chi connectivity index (χ1v) is 7.16. The Morgan fingerprint density at radius 3 is 2.33 bits per heavy atom. The van der Waals surface area contributed by atoms with Gasteiger partial charge in [0.25, 0.3) is 0 Å². The molecule has 0 aliphatic carbocycles. The normalized spacial score (nSPS) is 29.8. The second-order valence-corrected chi connectivity index (χ2v) is 5.17. The summed E-state index contributed by atoms with van der Waals surface area (Å²) in [6, 6.07) is 4.31. The lowest BCUT2D eigenvalue weighted by atomic mass is 9.99. The first-order valence-electron chi connectivity index (χ1n) is 7.16. The van der Waals surface area contributed by atoms with E-state index >= 15 is 0 Å². The molecule has 0 aromatic heterocycles. The van der Waals surface area contributed by atoms with E-state index < -0.39 is 43.3 Å². The summed E-state index contributed by atoms with van der Waals surface area (Å²) in [5.41, 5.74) is 0.101. The van der Waals surface area contributed by atoms with Crippen LogP contribution in [0.15, 0.2) is 18.2 Å². The van der Waals surface area contributed by atoms with Crippen molar-refractivity contribution >= 4 is 5.97 Å². The average molecular weight is 344 g/mol. The van der Waals surface area contributed by atoms with Crippen molar-refractivity contribution in [2.24, 2.45) is 0 Å². The van der Waals surface area contributed by atoms with E-state index in [0.717, 1.165) is 0 Å². The molecular formula is C15H20O9. The molecule has 1 aliphatic rings. The van der Waals surface area contributed by atoms with Crippen LogP contribution in [0.25, 0.3) is 0 Å². The van der Waals surface area contributed by atoms with Crippen LogP contribution in [-0.4, -0.2) is 77.9 Å². The number of aliphatic hydroxyl groups is 4. The molecule has 4 N–H and O–H groups in total. The van der Waals surface area contributed by atoms with Crippen LogP contribution < -0.4 is 9.47 Å². The highest BCUT2D eigenvalue weighted by Crippen LogP contribution is 2.29. The molecule has 2 rings (SSSR count). The van der Waals surface area contributed by atoms with Crippen molar-refractivity contribution in [1.29, 1.82) is 0 Å². The zero-order valence-electron chi connectivity index (χ0n) is 13.2. The molecule has 1 aromatic carbocycles. The maximum absolute atomic E-state index is 12.2. The summed E-state index contributed by atoms with van der Waals surface area (Å²) >= 11 is 0. The molecule has 0 radical (unpaired) electrons. The summed E-state index contributed by atoms with van der Waals surface area (Å²) in [6.45, 7) is -0.616. The molecule has 9 heteroatoms. The predicted octanol–water partition coefficient (Wildman–Crippen LogP) is -1.34. The minimum Gasteiger partial charge on any atom is -0.493 e. The Bertz CT molecular complexity index is 574. The lowest BCUT2D eigenvalue weighted by Gasteiger charge is -2.39. The fraction of sp³-hybridized carbons (Fsp3) is 0.533. The summed E-state index contributed by atoms with van der Waals surface area (Å²) in [6.07, 6.45) is -7.51. The minimum atomic E-state index is -1.66. The summed E-state index contributed by atoms with van der Waals surface area (Å²) in [7, 11) is 2.86. The zero-order chi connectivity index (χ0) is 17.9. The Morgan fingerprint density at radius 1 is 1.08 bits per heavy atom. The van der Waals surface area contributed by atoms with Crippen molar-refractivity contribution in [1.82, 2.24) is 0 Å². The van der Waals surface area contributed by atoms with Crippen LogP contribution in [-0.2, 0) is 9.47 Å². The molecule has 0 bridgehead atoms. The molecular weight excluding hydrogens is 324 g/mol. The van der Waals surface area contributed by atoms with Gasteiger partial charge in [-0.25, -0.2) is 4.79 Å². The average Bonchev–Trinajstić information content (AvgIpc) is 2.61. The Balaban J connectivity index is 2.13. The SMILES string of the molecule is COc1ccc(C(=O)O[C@@H]2O[C@H](CO)[C@@H](O)[C@H](O)[C@H]2O)cc1OC. The van der Waals surface area contributed by atoms with E-state index in [9.17, 15) is 20.1 Å². The highest BCUT2D eigenvalue weighted by molar-refractivity contribution is 5.90. The van der Waals surface area contributed by atoms with Gasteiger partial charge in [0.2, 0.25) is 6.29 Å². The van der Waals surface area contributed by atoms with Gasteiger partial charge in [0, 0.05) is 0 Å². The third-order valence-electron chi connectivity index (χ3n) is 3.69. The molecule has 0 amide bonds. The number of ether oxygens (including phenoxy) is 4. The molecule has 134 valence electrons. The Labute approximate surface area is 138 Å². The first-order chi connectivity index (χ1) is 11.4. The van der Waals surface area contributed by atoms with Gasteiger partial charge in [0.1, 0.15) is 24.4 Å². The number of rotatable bonds is 5. The van der Waals surface area contributed by atoms with Crippen molar-refractivity contribution in [2.45, 2.75) is 30.7 Å². The van der Waals surface area contributed by atoms with Gasteiger partial charge >= 0.3 is 5.97 Å². The van der Waals surface area contributed by atoms with E-state index in [0.29, 0.717) is 11.5 Å². The van der Waals surface area contributed by atoms with Crippen molar-refractivity contribution in [3.8, 4) is 11.5 Å². The first kappa shape index (κ1) is 18.4. The topological polar surface area (TPSA) is 135 Å². The van der Waals surface area contributed by atoms with Crippen molar-refractivity contribution in [2.75, 3.05) is 20.8 Å². The summed E-state index contributed by atoms with van der Waals surface area (Å²) in [5, 5.41) is 38.3. The Morgan fingerprint density at radius 2 is 1.75 bits per heavy atom. The van der Waals surface area contributed by atoms with Gasteiger partial charge in [-0.15, -0.1) is 0 Å². The molecule has 0 spiro atoms. The van der Waals surface area contributed by atoms with E-state index in [1.54, 1.807) is 0 Å². The van der Waals surface area contributed by atoms with E-state index in [4.69, 9.17) is 24.1 Å². The number of carbonyl (C=O) groups is 1. The Hall–Kier alpha value is -1.91. The lowest BCUT2D eigenvalue weighted by molar-refractivity contribution is -0.285. The van der Waals surface area contributed by atoms with Crippen LogP contribution in [0.2, 0.25) is 0 Å². The van der Waals surface area contributed by atoms with Crippen LogP contribution in [0.5, 0.6) is 11.5 Å². The number of esters is 1. The molecule has 1 fully saturated rings. The standard InChI is InChI=1S/C15H20O9/c1-21-8-4-3-7(5-9(8)22-2)14(20)24-15-13(19)12(18)11(17)10(6-16)23-15/h3-5,10-13,15-19H,6H2,1-2H3/t10-,11-,12+,13-,15+/m1/s1. The zero-order valence-corrected chi connectivity index (χ0v) is 13.2. The van der Waals surface area contributed by atoms with Crippen LogP contribution in [0, 0.1) is 0 Å². The largest absolute Gasteiger partial charge is 0.493 e. The van der Waals surface area contributed by atoms with Crippen molar-refractivity contribution < 1.29 is 44.2 Å². The molecule has 1 heterocycles. The number of hydrogen-bond donors (Lipinski definition) is 4.